The number of carboxylic acid groups (broad SMARTS) is 1. The minimum Gasteiger partial charge on any atom is -0.478 e. The lowest BCUT2D eigenvalue weighted by molar-refractivity contribution is 0.0697. The van der Waals surface area contributed by atoms with E-state index in [1.54, 1.807) is 0 Å². The van der Waals surface area contributed by atoms with E-state index >= 15 is 0 Å². The van der Waals surface area contributed by atoms with Crippen LogP contribution in [0, 0.1) is 5.82 Å². The molecule has 2 aliphatic rings. The maximum Gasteiger partial charge on any atom is 0.335 e. The standard InChI is InChI=1S/C14H17FN2O2/c15-12-4-1-9(14(18)19)7-13(12)16-10-5-6-17(8-10)11-2-3-11/h1,4,7,10-11,16H,2-3,5-6,8H2,(H,18,19). The summed E-state index contributed by atoms with van der Waals surface area (Å²) in [4.78, 5) is 13.3. The number of halogens is 1. The maximum atomic E-state index is 13.7. The molecule has 0 amide bonds. The molecule has 1 aromatic rings. The number of rotatable bonds is 4. The predicted octanol–water partition coefficient (Wildman–Crippen LogP) is 2.17. The first-order valence-electron chi connectivity index (χ1n) is 6.67. The second kappa shape index (κ2) is 4.81. The summed E-state index contributed by atoms with van der Waals surface area (Å²) in [6, 6.07) is 4.80. The van der Waals surface area contributed by atoms with E-state index in [1.807, 2.05) is 0 Å². The largest absolute Gasteiger partial charge is 0.478 e. The highest BCUT2D eigenvalue weighted by molar-refractivity contribution is 5.88. The van der Waals surface area contributed by atoms with E-state index in [9.17, 15) is 9.18 Å². The van der Waals surface area contributed by atoms with Crippen molar-refractivity contribution in [1.82, 2.24) is 4.90 Å². The van der Waals surface area contributed by atoms with Crippen LogP contribution in [-0.4, -0.2) is 41.1 Å². The molecule has 1 aliphatic carbocycles. The first-order chi connectivity index (χ1) is 9.13. The third kappa shape index (κ3) is 2.71. The summed E-state index contributed by atoms with van der Waals surface area (Å²) in [7, 11) is 0. The number of hydrogen-bond donors (Lipinski definition) is 2. The van der Waals surface area contributed by atoms with Gasteiger partial charge in [0.05, 0.1) is 11.3 Å². The van der Waals surface area contributed by atoms with Gasteiger partial charge in [0.25, 0.3) is 0 Å². The molecule has 0 aromatic heterocycles. The number of hydrogen-bond acceptors (Lipinski definition) is 3. The Hall–Kier alpha value is -1.62. The Labute approximate surface area is 111 Å². The van der Waals surface area contributed by atoms with Crippen LogP contribution >= 0.6 is 0 Å². The van der Waals surface area contributed by atoms with Crippen LogP contribution in [0.5, 0.6) is 0 Å². The van der Waals surface area contributed by atoms with Crippen molar-refractivity contribution in [2.45, 2.75) is 31.3 Å². The van der Waals surface area contributed by atoms with Crippen LogP contribution in [0.4, 0.5) is 10.1 Å². The summed E-state index contributed by atoms with van der Waals surface area (Å²) in [5.74, 6) is -1.43. The van der Waals surface area contributed by atoms with Gasteiger partial charge in [0.1, 0.15) is 5.82 Å². The molecule has 1 aliphatic heterocycles. The van der Waals surface area contributed by atoms with Crippen LogP contribution in [0.15, 0.2) is 18.2 Å². The van der Waals surface area contributed by atoms with Gasteiger partial charge < -0.3 is 10.4 Å². The van der Waals surface area contributed by atoms with Crippen molar-refractivity contribution < 1.29 is 14.3 Å². The van der Waals surface area contributed by atoms with Gasteiger partial charge in [0.2, 0.25) is 0 Å². The van der Waals surface area contributed by atoms with Gasteiger partial charge in [-0.05, 0) is 37.5 Å². The zero-order valence-corrected chi connectivity index (χ0v) is 10.6. The normalized spacial score (nSPS) is 23.5. The lowest BCUT2D eigenvalue weighted by Gasteiger charge is -2.17. The van der Waals surface area contributed by atoms with E-state index in [1.165, 1.54) is 31.0 Å². The van der Waals surface area contributed by atoms with E-state index in [2.05, 4.69) is 10.2 Å². The molecule has 2 N–H and O–H groups in total. The van der Waals surface area contributed by atoms with Crippen LogP contribution in [-0.2, 0) is 0 Å². The quantitative estimate of drug-likeness (QED) is 0.875. The number of anilines is 1. The van der Waals surface area contributed by atoms with Gasteiger partial charge in [-0.2, -0.15) is 0 Å². The Bertz CT molecular complexity index is 502. The van der Waals surface area contributed by atoms with Gasteiger partial charge in [-0.25, -0.2) is 9.18 Å². The molecule has 1 aromatic carbocycles. The van der Waals surface area contributed by atoms with Crippen molar-refractivity contribution in [2.75, 3.05) is 18.4 Å². The average molecular weight is 264 g/mol. The summed E-state index contributed by atoms with van der Waals surface area (Å²) in [5, 5.41) is 12.1. The summed E-state index contributed by atoms with van der Waals surface area (Å²) >= 11 is 0. The fraction of sp³-hybridized carbons (Fsp3) is 0.500. The van der Waals surface area contributed by atoms with Crippen LogP contribution in [0.25, 0.3) is 0 Å². The molecule has 3 rings (SSSR count). The lowest BCUT2D eigenvalue weighted by atomic mass is 10.1. The third-order valence-corrected chi connectivity index (χ3v) is 3.86. The molecule has 1 heterocycles. The molecule has 1 saturated heterocycles. The number of carbonyl (C=O) groups is 1. The number of nitrogens with zero attached hydrogens (tertiary/aromatic N) is 1. The third-order valence-electron chi connectivity index (χ3n) is 3.86. The Morgan fingerprint density at radius 1 is 1.37 bits per heavy atom. The highest BCUT2D eigenvalue weighted by Crippen LogP contribution is 2.31. The Kier molecular flexibility index (Phi) is 3.14. The molecule has 5 heteroatoms. The summed E-state index contributed by atoms with van der Waals surface area (Å²) in [6.07, 6.45) is 3.53. The molecular weight excluding hydrogens is 247 g/mol. The molecule has 4 nitrogen and oxygen atoms in total. The van der Waals surface area contributed by atoms with Crippen molar-refractivity contribution in [2.24, 2.45) is 0 Å². The zero-order valence-electron chi connectivity index (χ0n) is 10.6. The molecule has 0 radical (unpaired) electrons. The van der Waals surface area contributed by atoms with Gasteiger partial charge in [-0.1, -0.05) is 0 Å². The van der Waals surface area contributed by atoms with E-state index in [0.29, 0.717) is 5.69 Å². The molecule has 0 bridgehead atoms. The highest BCUT2D eigenvalue weighted by Gasteiger charge is 2.34. The topological polar surface area (TPSA) is 52.6 Å². The molecule has 0 spiro atoms. The Balaban J connectivity index is 1.68. The molecule has 1 atom stereocenters. The summed E-state index contributed by atoms with van der Waals surface area (Å²) < 4.78 is 13.7. The molecule has 102 valence electrons. The minimum absolute atomic E-state index is 0.112. The van der Waals surface area contributed by atoms with E-state index in [-0.39, 0.29) is 11.6 Å². The van der Waals surface area contributed by atoms with E-state index in [4.69, 9.17) is 5.11 Å². The first-order valence-corrected chi connectivity index (χ1v) is 6.67. The van der Waals surface area contributed by atoms with Crippen LogP contribution in [0.1, 0.15) is 29.6 Å². The number of carboxylic acids is 1. The second-order valence-electron chi connectivity index (χ2n) is 5.36. The lowest BCUT2D eigenvalue weighted by Crippen LogP contribution is -2.28. The fourth-order valence-corrected chi connectivity index (χ4v) is 2.67. The molecule has 1 saturated carbocycles. The van der Waals surface area contributed by atoms with Crippen LogP contribution < -0.4 is 5.32 Å². The number of nitrogens with one attached hydrogen (secondary N) is 1. The van der Waals surface area contributed by atoms with Crippen molar-refractivity contribution >= 4 is 11.7 Å². The van der Waals surface area contributed by atoms with Crippen molar-refractivity contribution in [1.29, 1.82) is 0 Å². The first kappa shape index (κ1) is 12.4. The number of aromatic carboxylic acids is 1. The monoisotopic (exact) mass is 264 g/mol. The van der Waals surface area contributed by atoms with Gasteiger partial charge in [-0.3, -0.25) is 4.90 Å². The van der Waals surface area contributed by atoms with E-state index < -0.39 is 11.8 Å². The average Bonchev–Trinajstić information content (AvgIpc) is 3.13. The van der Waals surface area contributed by atoms with Crippen molar-refractivity contribution in [3.63, 3.8) is 0 Å². The molecule has 1 unspecified atom stereocenters. The maximum absolute atomic E-state index is 13.7. The van der Waals surface area contributed by atoms with Crippen molar-refractivity contribution in [3.8, 4) is 0 Å². The minimum atomic E-state index is -1.03. The number of likely N-dealkylation sites (tertiary alicyclic amines) is 1. The smallest absolute Gasteiger partial charge is 0.335 e. The number of benzene rings is 1. The van der Waals surface area contributed by atoms with E-state index in [0.717, 1.165) is 25.6 Å². The zero-order chi connectivity index (χ0) is 13.4. The van der Waals surface area contributed by atoms with Gasteiger partial charge >= 0.3 is 5.97 Å². The summed E-state index contributed by atoms with van der Waals surface area (Å²) in [6.45, 7) is 1.96. The van der Waals surface area contributed by atoms with Gasteiger partial charge in [0.15, 0.2) is 0 Å². The van der Waals surface area contributed by atoms with Crippen LogP contribution in [0.3, 0.4) is 0 Å². The summed E-state index contributed by atoms with van der Waals surface area (Å²) in [5.41, 5.74) is 0.406. The second-order valence-corrected chi connectivity index (χ2v) is 5.36. The Morgan fingerprint density at radius 2 is 2.16 bits per heavy atom. The fourth-order valence-electron chi connectivity index (χ4n) is 2.67. The van der Waals surface area contributed by atoms with Crippen LogP contribution in [0.2, 0.25) is 0 Å². The van der Waals surface area contributed by atoms with Gasteiger partial charge in [0, 0.05) is 25.2 Å². The predicted molar refractivity (Wildman–Crippen MR) is 70.0 cm³/mol. The molecule has 19 heavy (non-hydrogen) atoms. The van der Waals surface area contributed by atoms with Gasteiger partial charge in [-0.15, -0.1) is 0 Å². The Morgan fingerprint density at radius 3 is 2.84 bits per heavy atom. The highest BCUT2D eigenvalue weighted by atomic mass is 19.1. The van der Waals surface area contributed by atoms with Crippen molar-refractivity contribution in [3.05, 3.63) is 29.6 Å². The molecular formula is C14H17FN2O2. The SMILES string of the molecule is O=C(O)c1ccc(F)c(NC2CCN(C3CC3)C2)c1. The molecule has 2 fully saturated rings.